The Morgan fingerprint density at radius 2 is 2.04 bits per heavy atom. The molecule has 4 heterocycles. The first-order valence-corrected chi connectivity index (χ1v) is 10.5. The number of benzene rings is 1. The molecule has 1 amide bonds. The van der Waals surface area contributed by atoms with E-state index < -0.39 is 0 Å². The van der Waals surface area contributed by atoms with Gasteiger partial charge >= 0.3 is 0 Å². The minimum Gasteiger partial charge on any atom is -0.349 e. The van der Waals surface area contributed by atoms with Gasteiger partial charge in [-0.2, -0.15) is 11.8 Å². The van der Waals surface area contributed by atoms with Crippen molar-refractivity contribution in [2.24, 2.45) is 0 Å². The Labute approximate surface area is 167 Å². The zero-order valence-corrected chi connectivity index (χ0v) is 16.7. The summed E-state index contributed by atoms with van der Waals surface area (Å²) in [6.07, 6.45) is 1.77. The molecule has 1 aromatic carbocycles. The number of rotatable bonds is 3. The lowest BCUT2D eigenvalue weighted by molar-refractivity contribution is 0.0926. The van der Waals surface area contributed by atoms with Crippen LogP contribution in [0, 0.1) is 13.8 Å². The molecule has 2 aromatic heterocycles. The quantitative estimate of drug-likeness (QED) is 0.711. The lowest BCUT2D eigenvalue weighted by Crippen LogP contribution is -2.35. The first-order valence-electron chi connectivity index (χ1n) is 9.39. The van der Waals surface area contributed by atoms with Gasteiger partial charge in [0.2, 0.25) is 5.95 Å². The summed E-state index contributed by atoms with van der Waals surface area (Å²) in [6.45, 7) is 5.49. The lowest BCUT2D eigenvalue weighted by Gasteiger charge is -2.17. The smallest absolute Gasteiger partial charge is 0.268 e. The highest BCUT2D eigenvalue weighted by molar-refractivity contribution is 7.98. The van der Waals surface area contributed by atoms with E-state index in [4.69, 9.17) is 4.98 Å². The van der Waals surface area contributed by atoms with Crippen molar-refractivity contribution in [3.8, 4) is 11.3 Å². The van der Waals surface area contributed by atoms with Crippen molar-refractivity contribution in [1.82, 2.24) is 19.9 Å². The zero-order chi connectivity index (χ0) is 19.3. The van der Waals surface area contributed by atoms with E-state index in [0.717, 1.165) is 51.9 Å². The minimum absolute atomic E-state index is 0.0125. The van der Waals surface area contributed by atoms with Gasteiger partial charge in [-0.05, 0) is 48.7 Å². The SMILES string of the molecule is Cc1c(-c2ccnc(Nc3ccc4c(c3)CSC4)n2)c(C)n2c1C(=O)NCC2. The number of nitrogens with one attached hydrogen (secondary N) is 2. The number of amides is 1. The van der Waals surface area contributed by atoms with Crippen molar-refractivity contribution < 1.29 is 4.79 Å². The Balaban J connectivity index is 1.51. The van der Waals surface area contributed by atoms with Crippen LogP contribution in [0.2, 0.25) is 0 Å². The molecule has 28 heavy (non-hydrogen) atoms. The van der Waals surface area contributed by atoms with E-state index in [9.17, 15) is 4.79 Å². The van der Waals surface area contributed by atoms with Crippen LogP contribution < -0.4 is 10.6 Å². The molecule has 5 rings (SSSR count). The third-order valence-corrected chi connectivity index (χ3v) is 6.52. The fourth-order valence-corrected chi connectivity index (χ4v) is 5.24. The van der Waals surface area contributed by atoms with Gasteiger partial charge in [-0.1, -0.05) is 6.07 Å². The summed E-state index contributed by atoms with van der Waals surface area (Å²) in [6, 6.07) is 8.35. The van der Waals surface area contributed by atoms with Crippen molar-refractivity contribution in [2.45, 2.75) is 31.9 Å². The molecule has 0 unspecified atom stereocenters. The fraction of sp³-hybridized carbons (Fsp3) is 0.286. The summed E-state index contributed by atoms with van der Waals surface area (Å²) < 4.78 is 2.09. The van der Waals surface area contributed by atoms with E-state index in [1.165, 1.54) is 11.1 Å². The van der Waals surface area contributed by atoms with Crippen molar-refractivity contribution in [3.63, 3.8) is 0 Å². The summed E-state index contributed by atoms with van der Waals surface area (Å²) in [5, 5.41) is 6.26. The third-order valence-electron chi connectivity index (χ3n) is 5.49. The first-order chi connectivity index (χ1) is 13.6. The number of thioether (sulfide) groups is 1. The Bertz CT molecular complexity index is 1100. The second-order valence-corrected chi connectivity index (χ2v) is 8.19. The largest absolute Gasteiger partial charge is 0.349 e. The number of carbonyl (C=O) groups is 1. The van der Waals surface area contributed by atoms with E-state index >= 15 is 0 Å². The van der Waals surface area contributed by atoms with Gasteiger partial charge in [0.25, 0.3) is 5.91 Å². The van der Waals surface area contributed by atoms with E-state index in [1.54, 1.807) is 6.20 Å². The molecule has 0 saturated heterocycles. The molecule has 0 radical (unpaired) electrons. The van der Waals surface area contributed by atoms with Gasteiger partial charge in [-0.3, -0.25) is 4.79 Å². The van der Waals surface area contributed by atoms with Gasteiger partial charge in [-0.15, -0.1) is 0 Å². The number of nitrogens with zero attached hydrogens (tertiary/aromatic N) is 3. The molecule has 142 valence electrons. The summed E-state index contributed by atoms with van der Waals surface area (Å²) in [4.78, 5) is 21.5. The molecule has 2 N–H and O–H groups in total. The number of anilines is 2. The summed E-state index contributed by atoms with van der Waals surface area (Å²) in [5.74, 6) is 2.70. The normalized spacial score (nSPS) is 15.1. The standard InChI is InChI=1S/C21H21N5OS/c1-12-18(13(2)26-8-7-22-20(27)19(12)26)17-5-6-23-21(25-17)24-16-4-3-14-10-28-11-15(14)9-16/h3-6,9H,7-8,10-11H2,1-2H3,(H,22,27)(H,23,24,25). The van der Waals surface area contributed by atoms with Gasteiger partial charge in [0.15, 0.2) is 0 Å². The number of hydrogen-bond donors (Lipinski definition) is 2. The lowest BCUT2D eigenvalue weighted by atomic mass is 10.1. The summed E-state index contributed by atoms with van der Waals surface area (Å²) in [7, 11) is 0. The van der Waals surface area contributed by atoms with Crippen molar-refractivity contribution in [2.75, 3.05) is 11.9 Å². The molecule has 0 atom stereocenters. The molecule has 0 bridgehead atoms. The predicted molar refractivity (Wildman–Crippen MR) is 112 cm³/mol. The summed E-state index contributed by atoms with van der Waals surface area (Å²) in [5.41, 5.74) is 8.42. The first kappa shape index (κ1) is 17.3. The van der Waals surface area contributed by atoms with Gasteiger partial charge in [0.1, 0.15) is 5.69 Å². The number of aromatic nitrogens is 3. The predicted octanol–water partition coefficient (Wildman–Crippen LogP) is 3.80. The fourth-order valence-electron chi connectivity index (χ4n) is 4.15. The topological polar surface area (TPSA) is 71.8 Å². The molecule has 6 nitrogen and oxygen atoms in total. The Kier molecular flexibility index (Phi) is 4.12. The number of hydrogen-bond acceptors (Lipinski definition) is 5. The van der Waals surface area contributed by atoms with Crippen LogP contribution in [0.4, 0.5) is 11.6 Å². The average Bonchev–Trinajstić information content (AvgIpc) is 3.25. The molecule has 3 aromatic rings. The highest BCUT2D eigenvalue weighted by atomic mass is 32.2. The van der Waals surface area contributed by atoms with E-state index in [-0.39, 0.29) is 5.91 Å². The Morgan fingerprint density at radius 3 is 2.89 bits per heavy atom. The van der Waals surface area contributed by atoms with Crippen LogP contribution in [0.5, 0.6) is 0 Å². The Morgan fingerprint density at radius 1 is 1.18 bits per heavy atom. The van der Waals surface area contributed by atoms with Crippen LogP contribution in [0.25, 0.3) is 11.3 Å². The molecule has 0 fully saturated rings. The van der Waals surface area contributed by atoms with Gasteiger partial charge in [0, 0.05) is 47.7 Å². The van der Waals surface area contributed by atoms with Crippen LogP contribution in [-0.4, -0.2) is 27.0 Å². The highest BCUT2D eigenvalue weighted by Gasteiger charge is 2.26. The highest BCUT2D eigenvalue weighted by Crippen LogP contribution is 2.34. The maximum Gasteiger partial charge on any atom is 0.268 e. The van der Waals surface area contributed by atoms with E-state index in [1.807, 2.05) is 24.8 Å². The number of carbonyl (C=O) groups excluding carboxylic acids is 1. The van der Waals surface area contributed by atoms with Crippen molar-refractivity contribution >= 4 is 29.3 Å². The van der Waals surface area contributed by atoms with Gasteiger partial charge in [0.05, 0.1) is 5.69 Å². The van der Waals surface area contributed by atoms with Crippen molar-refractivity contribution in [3.05, 3.63) is 58.5 Å². The summed E-state index contributed by atoms with van der Waals surface area (Å²) >= 11 is 1.94. The van der Waals surface area contributed by atoms with Crippen LogP contribution in [0.1, 0.15) is 32.9 Å². The van der Waals surface area contributed by atoms with Gasteiger partial charge in [-0.25, -0.2) is 9.97 Å². The maximum atomic E-state index is 12.3. The Hall–Kier alpha value is -2.80. The average molecular weight is 392 g/mol. The maximum absolute atomic E-state index is 12.3. The van der Waals surface area contributed by atoms with Gasteiger partial charge < -0.3 is 15.2 Å². The molecule has 7 heteroatoms. The molecule has 2 aliphatic rings. The molecular weight excluding hydrogens is 370 g/mol. The molecule has 0 aliphatic carbocycles. The minimum atomic E-state index is -0.0125. The van der Waals surface area contributed by atoms with Crippen LogP contribution in [0.3, 0.4) is 0 Å². The second kappa shape index (κ2) is 6.67. The third kappa shape index (κ3) is 2.77. The van der Waals surface area contributed by atoms with Crippen LogP contribution >= 0.6 is 11.8 Å². The molecule has 2 aliphatic heterocycles. The number of fused-ring (bicyclic) bond motifs is 2. The van der Waals surface area contributed by atoms with E-state index in [2.05, 4.69) is 45.3 Å². The monoisotopic (exact) mass is 391 g/mol. The van der Waals surface area contributed by atoms with E-state index in [0.29, 0.717) is 12.5 Å². The zero-order valence-electron chi connectivity index (χ0n) is 15.9. The molecular formula is C21H21N5OS. The molecule has 0 spiro atoms. The van der Waals surface area contributed by atoms with Crippen molar-refractivity contribution in [1.29, 1.82) is 0 Å². The molecule has 0 saturated carbocycles. The van der Waals surface area contributed by atoms with Crippen LogP contribution in [-0.2, 0) is 18.1 Å². The van der Waals surface area contributed by atoms with Crippen LogP contribution in [0.15, 0.2) is 30.5 Å². The second-order valence-electron chi connectivity index (χ2n) is 7.21.